The Hall–Kier alpha value is -6.60. The van der Waals surface area contributed by atoms with Crippen LogP contribution in [0.3, 0.4) is 0 Å². The Morgan fingerprint density at radius 2 is 1.17 bits per heavy atom. The van der Waals surface area contributed by atoms with E-state index in [2.05, 4.69) is 20.6 Å². The average molecular weight is 973 g/mol. The van der Waals surface area contributed by atoms with E-state index in [9.17, 15) is 24.3 Å². The lowest BCUT2D eigenvalue weighted by Gasteiger charge is -2.35. The molecule has 4 aliphatic heterocycles. The fourth-order valence-corrected chi connectivity index (χ4v) is 11.0. The van der Waals surface area contributed by atoms with E-state index < -0.39 is 90.1 Å². The second-order valence-corrected chi connectivity index (χ2v) is 19.8. The highest BCUT2D eigenvalue weighted by molar-refractivity contribution is 5.87. The monoisotopic (exact) mass is 972 g/mol. The molecule has 9 rings (SSSR count). The lowest BCUT2D eigenvalue weighted by Crippen LogP contribution is -2.51. The van der Waals surface area contributed by atoms with Crippen molar-refractivity contribution >= 4 is 57.4 Å². The number of hydrogen-bond acceptors (Lipinski definition) is 9. The van der Waals surface area contributed by atoms with Gasteiger partial charge in [0.15, 0.2) is 11.6 Å². The number of carbonyl (C=O) groups is 4. The number of nitrogens with one attached hydrogen (secondary N) is 4. The molecule has 16 nitrogen and oxygen atoms in total. The van der Waals surface area contributed by atoms with Crippen LogP contribution in [0.25, 0.3) is 22.1 Å². The second kappa shape index (κ2) is 19.7. The lowest BCUT2D eigenvalue weighted by atomic mass is 10.0. The minimum atomic E-state index is -1.36. The molecule has 0 saturated carbocycles. The Morgan fingerprint density at radius 1 is 0.700 bits per heavy atom. The van der Waals surface area contributed by atoms with Crippen LogP contribution in [-0.4, -0.2) is 117 Å². The van der Waals surface area contributed by atoms with Gasteiger partial charge in [-0.25, -0.2) is 37.1 Å². The van der Waals surface area contributed by atoms with Gasteiger partial charge in [-0.3, -0.25) is 9.59 Å². The maximum absolute atomic E-state index is 16.4. The number of benzene rings is 3. The second-order valence-electron chi connectivity index (χ2n) is 19.8. The van der Waals surface area contributed by atoms with Crippen LogP contribution in [0.4, 0.5) is 38.5 Å². The van der Waals surface area contributed by atoms with Gasteiger partial charge in [-0.05, 0) is 91.5 Å². The van der Waals surface area contributed by atoms with E-state index in [0.717, 1.165) is 30.4 Å². The fourth-order valence-electron chi connectivity index (χ4n) is 11.0. The molecule has 4 aliphatic rings. The molecular weight excluding hydrogens is 913 g/mol. The summed E-state index contributed by atoms with van der Waals surface area (Å²) in [6, 6.07) is 9.77. The molecule has 0 radical (unpaired) electrons. The van der Waals surface area contributed by atoms with E-state index in [4.69, 9.17) is 14.7 Å². The summed E-state index contributed by atoms with van der Waals surface area (Å²) in [5.41, 5.74) is 4.27. The molecule has 0 spiro atoms. The van der Waals surface area contributed by atoms with E-state index in [-0.39, 0.29) is 37.5 Å². The van der Waals surface area contributed by atoms with Gasteiger partial charge in [0.05, 0.1) is 66.4 Å². The van der Waals surface area contributed by atoms with Crippen LogP contribution in [0.1, 0.15) is 120 Å². The van der Waals surface area contributed by atoms with Crippen molar-refractivity contribution in [3.05, 3.63) is 82.9 Å². The normalized spacial score (nSPS) is 23.8. The number of aromatic nitrogens is 4. The largest absolute Gasteiger partial charge is 0.465 e. The van der Waals surface area contributed by atoms with E-state index in [1.807, 2.05) is 41.3 Å². The van der Waals surface area contributed by atoms with E-state index in [1.54, 1.807) is 32.6 Å². The number of anilines is 2. The number of carboxylic acid groups (broad SMARTS) is 1. The predicted molar refractivity (Wildman–Crippen MR) is 254 cm³/mol. The minimum Gasteiger partial charge on any atom is -0.465 e. The number of H-pyrrole nitrogens is 2. The molecule has 2 aromatic heterocycles. The Labute approximate surface area is 402 Å². The molecular formula is C50H60F4N10O6. The number of piperidine rings is 1. The lowest BCUT2D eigenvalue weighted by molar-refractivity contribution is -0.136. The van der Waals surface area contributed by atoms with Gasteiger partial charge < -0.3 is 50.0 Å². The zero-order chi connectivity index (χ0) is 49.7. The Kier molecular flexibility index (Phi) is 13.6. The highest BCUT2D eigenvalue weighted by atomic mass is 19.1. The van der Waals surface area contributed by atoms with E-state index in [0.29, 0.717) is 65.3 Å². The van der Waals surface area contributed by atoms with Crippen LogP contribution in [0.5, 0.6) is 0 Å². The molecule has 8 atom stereocenters. The number of aromatic amines is 2. The number of likely N-dealkylation sites (tertiary alicyclic amines) is 2. The summed E-state index contributed by atoms with van der Waals surface area (Å²) in [6.07, 6.45) is -1.01. The quantitative estimate of drug-likeness (QED) is 0.0756. The van der Waals surface area contributed by atoms with Crippen molar-refractivity contribution in [2.45, 2.75) is 121 Å². The maximum Gasteiger partial charge on any atom is 0.407 e. The van der Waals surface area contributed by atoms with Gasteiger partial charge in [-0.2, -0.15) is 0 Å². The van der Waals surface area contributed by atoms with Crippen LogP contribution in [0.15, 0.2) is 48.5 Å². The van der Waals surface area contributed by atoms with E-state index in [1.165, 1.54) is 29.0 Å². The molecule has 5 aromatic rings. The SMILES string of the molecule is COC(=O)N[C@H](C(=O)N1C[C@@H](F)C[C@H]1c1nc2cc([C@H]3CC[C@H](c4ccc5[nH]c([C@@H]6C[C@H](F)CN6C(=O)[C@@H](NC(=O)O)C(C)C)nc5c4)N3c3cc(F)c(N4CCCCC4)c(F)c3)ccc2[nH]1)C(C)C. The van der Waals surface area contributed by atoms with Gasteiger partial charge in [-0.15, -0.1) is 0 Å². The third kappa shape index (κ3) is 9.40. The third-order valence-electron chi connectivity index (χ3n) is 14.5. The van der Waals surface area contributed by atoms with Crippen LogP contribution < -0.4 is 20.4 Å². The molecule has 0 unspecified atom stereocenters. The molecule has 4 fully saturated rings. The number of carbonyl (C=O) groups excluding carboxylic acids is 3. The molecule has 374 valence electrons. The number of fused-ring (bicyclic) bond motifs is 2. The molecule has 4 saturated heterocycles. The summed E-state index contributed by atoms with van der Waals surface area (Å²) in [7, 11) is 1.20. The van der Waals surface area contributed by atoms with Crippen molar-refractivity contribution in [1.29, 1.82) is 0 Å². The van der Waals surface area contributed by atoms with E-state index >= 15 is 17.6 Å². The summed E-state index contributed by atoms with van der Waals surface area (Å²) in [4.78, 5) is 74.2. The standard InChI is InChI=1S/C50H60F4N10O6/c1-25(2)42(59-49(67)68)47(65)62-23-29(51)19-40(62)45-55-34-11-9-27(17-36(34)57-45)38-13-14-39(64(38)31-21-32(53)44(33(54)22-31)61-15-7-6-8-16-61)28-10-12-35-37(18-28)58-46(56-35)41-20-30(52)24-63(41)48(66)43(26(3)4)60-50(69)70-5/h9-12,17-18,21-22,25-26,29-30,38-43,59H,6-8,13-16,19-20,23-24H2,1-5H3,(H,55,57)(H,56,58)(H,60,69)(H,67,68)/t29-,30-,38+,39+,40-,41-,42-,43-/m0/s1. The molecule has 0 bridgehead atoms. The van der Waals surface area contributed by atoms with Gasteiger partial charge in [0, 0.05) is 31.6 Å². The molecule has 5 N–H and O–H groups in total. The Bertz CT molecular complexity index is 2760. The van der Waals surface area contributed by atoms with Gasteiger partial charge >= 0.3 is 12.2 Å². The first kappa shape index (κ1) is 48.4. The molecule has 4 amide bonds. The number of nitrogens with zero attached hydrogens (tertiary/aromatic N) is 6. The number of imidazole rings is 2. The van der Waals surface area contributed by atoms with Gasteiger partial charge in [0.2, 0.25) is 11.8 Å². The number of amides is 4. The topological polar surface area (TPSA) is 192 Å². The maximum atomic E-state index is 16.4. The zero-order valence-electron chi connectivity index (χ0n) is 39.9. The highest BCUT2D eigenvalue weighted by Gasteiger charge is 2.44. The highest BCUT2D eigenvalue weighted by Crippen LogP contribution is 2.49. The summed E-state index contributed by atoms with van der Waals surface area (Å²) in [6.45, 7) is 7.70. The zero-order valence-corrected chi connectivity index (χ0v) is 39.9. The fraction of sp³-hybridized carbons (Fsp3) is 0.520. The first-order chi connectivity index (χ1) is 33.5. The molecule has 20 heteroatoms. The number of alkyl halides is 2. The number of hydrogen-bond donors (Lipinski definition) is 5. The van der Waals surface area contributed by atoms with Crippen molar-refractivity contribution in [3.8, 4) is 0 Å². The van der Waals surface area contributed by atoms with Crippen LogP contribution in [0, 0.1) is 23.5 Å². The number of ether oxygens (including phenoxy) is 1. The molecule has 6 heterocycles. The Balaban J connectivity index is 1.05. The summed E-state index contributed by atoms with van der Waals surface area (Å²) in [5.74, 6) is -2.29. The van der Waals surface area contributed by atoms with Crippen molar-refractivity contribution in [2.75, 3.05) is 43.1 Å². The molecule has 70 heavy (non-hydrogen) atoms. The number of halogens is 4. The molecule has 3 aromatic carbocycles. The first-order valence-corrected chi connectivity index (χ1v) is 24.2. The Morgan fingerprint density at radius 3 is 1.61 bits per heavy atom. The average Bonchev–Trinajstić information content (AvgIpc) is 4.18. The number of rotatable bonds is 12. The number of methoxy groups -OCH3 is 1. The predicted octanol–water partition coefficient (Wildman–Crippen LogP) is 8.69. The summed E-state index contributed by atoms with van der Waals surface area (Å²) < 4.78 is 67.8. The van der Waals surface area contributed by atoms with Crippen LogP contribution >= 0.6 is 0 Å². The van der Waals surface area contributed by atoms with Gasteiger partial charge in [0.1, 0.15) is 41.8 Å². The third-order valence-corrected chi connectivity index (χ3v) is 14.5. The van der Waals surface area contributed by atoms with Crippen LogP contribution in [-0.2, 0) is 14.3 Å². The smallest absolute Gasteiger partial charge is 0.407 e. The van der Waals surface area contributed by atoms with Crippen molar-refractivity contribution in [3.63, 3.8) is 0 Å². The number of alkyl carbamates (subject to hydrolysis) is 1. The van der Waals surface area contributed by atoms with Gasteiger partial charge in [-0.1, -0.05) is 39.8 Å². The molecule has 0 aliphatic carbocycles. The first-order valence-electron chi connectivity index (χ1n) is 24.2. The summed E-state index contributed by atoms with van der Waals surface area (Å²) >= 11 is 0. The minimum absolute atomic E-state index is 0.00219. The summed E-state index contributed by atoms with van der Waals surface area (Å²) in [5, 5.41) is 14.3. The van der Waals surface area contributed by atoms with Crippen molar-refractivity contribution < 1.29 is 46.6 Å². The van der Waals surface area contributed by atoms with Crippen LogP contribution in [0.2, 0.25) is 0 Å². The van der Waals surface area contributed by atoms with Crippen molar-refractivity contribution in [2.24, 2.45) is 11.8 Å². The van der Waals surface area contributed by atoms with Gasteiger partial charge in [0.25, 0.3) is 0 Å². The van der Waals surface area contributed by atoms with Crippen molar-refractivity contribution in [1.82, 2.24) is 40.4 Å².